The van der Waals surface area contributed by atoms with E-state index >= 15 is 0 Å². The highest BCUT2D eigenvalue weighted by Crippen LogP contribution is 2.20. The van der Waals surface area contributed by atoms with Crippen molar-refractivity contribution in [2.24, 2.45) is 0 Å². The summed E-state index contributed by atoms with van der Waals surface area (Å²) >= 11 is 0. The Labute approximate surface area is 132 Å². The summed E-state index contributed by atoms with van der Waals surface area (Å²) < 4.78 is 5.45. The first-order chi connectivity index (χ1) is 10.5. The van der Waals surface area contributed by atoms with E-state index in [1.807, 2.05) is 36.4 Å². The number of rotatable bonds is 6. The van der Waals surface area contributed by atoms with Gasteiger partial charge in [-0.2, -0.15) is 0 Å². The van der Waals surface area contributed by atoms with Crippen molar-refractivity contribution in [2.45, 2.75) is 32.3 Å². The minimum absolute atomic E-state index is 0.00650. The van der Waals surface area contributed by atoms with Gasteiger partial charge in [-0.05, 0) is 56.0 Å². The Morgan fingerprint density at radius 2 is 2.09 bits per heavy atom. The molecular weight excluding hydrogens is 276 g/mol. The lowest BCUT2D eigenvalue weighted by atomic mass is 9.97. The molecule has 0 bridgehead atoms. The molecule has 3 nitrogen and oxygen atoms in total. The zero-order valence-corrected chi connectivity index (χ0v) is 13.1. The van der Waals surface area contributed by atoms with Crippen molar-refractivity contribution in [1.29, 1.82) is 0 Å². The highest BCUT2D eigenvalue weighted by atomic mass is 16.5. The predicted molar refractivity (Wildman–Crippen MR) is 86.1 cm³/mol. The van der Waals surface area contributed by atoms with Crippen molar-refractivity contribution >= 4 is 0 Å². The van der Waals surface area contributed by atoms with Crippen LogP contribution >= 0.6 is 0 Å². The average molecular weight is 298 g/mol. The van der Waals surface area contributed by atoms with Gasteiger partial charge in [0.2, 0.25) is 0 Å². The Balaban J connectivity index is 1.95. The van der Waals surface area contributed by atoms with Crippen molar-refractivity contribution in [3.8, 4) is 5.75 Å². The van der Waals surface area contributed by atoms with Gasteiger partial charge in [0.15, 0.2) is 0 Å². The van der Waals surface area contributed by atoms with Gasteiger partial charge in [-0.3, -0.25) is 0 Å². The highest BCUT2D eigenvalue weighted by Gasteiger charge is 2.20. The number of benzene rings is 1. The van der Waals surface area contributed by atoms with Gasteiger partial charge in [-0.15, -0.1) is 0 Å². The Morgan fingerprint density at radius 1 is 1.36 bits per heavy atom. The highest BCUT2D eigenvalue weighted by molar-refractivity contribution is 5.36. The van der Waals surface area contributed by atoms with Gasteiger partial charge >= 0.3 is 0 Å². The number of hydrogen-bond acceptors (Lipinski definition) is 2. The molecule has 0 amide bonds. The van der Waals surface area contributed by atoms with Gasteiger partial charge in [-0.25, -0.2) is 5.11 Å². The summed E-state index contributed by atoms with van der Waals surface area (Å²) in [5.41, 5.74) is 2.57. The van der Waals surface area contributed by atoms with Crippen molar-refractivity contribution in [1.82, 2.24) is 0 Å². The quantitative estimate of drug-likeness (QED) is 0.874. The Morgan fingerprint density at radius 3 is 2.68 bits per heavy atom. The molecule has 0 saturated heterocycles. The van der Waals surface area contributed by atoms with E-state index in [1.54, 1.807) is 0 Å². The van der Waals surface area contributed by atoms with E-state index in [4.69, 9.17) is 4.74 Å². The van der Waals surface area contributed by atoms with Crippen molar-refractivity contribution in [3.63, 3.8) is 0 Å². The van der Waals surface area contributed by atoms with Crippen LogP contribution in [0.2, 0.25) is 0 Å². The van der Waals surface area contributed by atoms with Crippen molar-refractivity contribution < 1.29 is 14.9 Å². The van der Waals surface area contributed by atoms with Crippen LogP contribution in [-0.2, 0) is 11.5 Å². The molecule has 116 valence electrons. The van der Waals surface area contributed by atoms with Gasteiger partial charge in [0, 0.05) is 0 Å². The number of ether oxygens (including phenoxy) is 1. The molecule has 1 aliphatic carbocycles. The molecule has 1 aromatic rings. The van der Waals surface area contributed by atoms with Gasteiger partial charge in [0.05, 0.1) is 0 Å². The lowest BCUT2D eigenvalue weighted by Gasteiger charge is -2.19. The zero-order chi connectivity index (χ0) is 16.0. The molecule has 3 heteroatoms. The van der Waals surface area contributed by atoms with E-state index in [0.717, 1.165) is 12.8 Å². The third-order valence-corrected chi connectivity index (χ3v) is 3.62. The van der Waals surface area contributed by atoms with Crippen LogP contribution in [0.4, 0.5) is 0 Å². The molecule has 0 aromatic heterocycles. The monoisotopic (exact) mass is 298 g/mol. The van der Waals surface area contributed by atoms with Crippen LogP contribution in [0.5, 0.6) is 5.75 Å². The minimum Gasteiger partial charge on any atom is -0.491 e. The fourth-order valence-corrected chi connectivity index (χ4v) is 2.17. The molecule has 0 aliphatic heterocycles. The molecule has 1 unspecified atom stereocenters. The number of hydrogen-bond donors (Lipinski definition) is 1. The summed E-state index contributed by atoms with van der Waals surface area (Å²) in [6, 6.07) is 7.77. The molecule has 22 heavy (non-hydrogen) atoms. The maximum absolute atomic E-state index is 10.8. The van der Waals surface area contributed by atoms with Gasteiger partial charge in [0.1, 0.15) is 24.6 Å². The molecule has 2 radical (unpaired) electrons. The van der Waals surface area contributed by atoms with Gasteiger partial charge in [-0.1, -0.05) is 35.9 Å². The molecule has 1 aromatic carbocycles. The molecule has 1 aliphatic rings. The molecular formula is C19H22O3. The number of allylic oxidation sites excluding steroid dienone is 6. The van der Waals surface area contributed by atoms with E-state index in [0.29, 0.717) is 5.75 Å². The average Bonchev–Trinajstić information content (AvgIpc) is 2.55. The molecule has 0 saturated carbocycles. The SMILES string of the molecule is CC(Cc1ccc(OCC(C)(O)C[O])cc1)=C1C=C[C]=CC1. The minimum atomic E-state index is -1.32. The van der Waals surface area contributed by atoms with E-state index in [1.165, 1.54) is 23.6 Å². The van der Waals surface area contributed by atoms with E-state index in [2.05, 4.69) is 19.1 Å². The second-order valence-electron chi connectivity index (χ2n) is 5.96. The molecule has 1 atom stereocenters. The maximum atomic E-state index is 10.8. The first-order valence-corrected chi connectivity index (χ1v) is 7.45. The van der Waals surface area contributed by atoms with Crippen molar-refractivity contribution in [2.75, 3.05) is 13.2 Å². The first-order valence-electron chi connectivity index (χ1n) is 7.45. The van der Waals surface area contributed by atoms with Crippen LogP contribution in [0, 0.1) is 6.08 Å². The van der Waals surface area contributed by atoms with Crippen LogP contribution in [0.15, 0.2) is 53.6 Å². The zero-order valence-electron chi connectivity index (χ0n) is 13.1. The fraction of sp³-hybridized carbons (Fsp3) is 0.368. The lowest BCUT2D eigenvalue weighted by Crippen LogP contribution is -2.35. The molecule has 0 fully saturated rings. The Hall–Kier alpha value is -1.84. The van der Waals surface area contributed by atoms with Crippen LogP contribution < -0.4 is 4.74 Å². The summed E-state index contributed by atoms with van der Waals surface area (Å²) in [5, 5.41) is 20.4. The molecule has 0 heterocycles. The first kappa shape index (κ1) is 16.5. The Kier molecular flexibility index (Phi) is 5.58. The normalized spacial score (nSPS) is 18.9. The predicted octanol–water partition coefficient (Wildman–Crippen LogP) is 3.43. The van der Waals surface area contributed by atoms with Crippen molar-refractivity contribution in [3.05, 3.63) is 65.3 Å². The smallest absolute Gasteiger partial charge is 0.122 e. The third kappa shape index (κ3) is 4.86. The molecule has 1 N–H and O–H groups in total. The van der Waals surface area contributed by atoms with Crippen LogP contribution in [0.25, 0.3) is 0 Å². The standard InChI is InChI=1S/C19H22O3/c1-15(17-6-4-3-5-7-17)12-16-8-10-18(11-9-16)22-14-19(2,21)13-20/h4-6,8-11,21H,7,12-14H2,1-2H3. The van der Waals surface area contributed by atoms with Gasteiger partial charge in [0.25, 0.3) is 0 Å². The van der Waals surface area contributed by atoms with Crippen LogP contribution in [-0.4, -0.2) is 23.9 Å². The summed E-state index contributed by atoms with van der Waals surface area (Å²) in [6.45, 7) is 3.06. The second-order valence-corrected chi connectivity index (χ2v) is 5.96. The van der Waals surface area contributed by atoms with Crippen LogP contribution in [0.1, 0.15) is 25.8 Å². The van der Waals surface area contributed by atoms with Crippen LogP contribution in [0.3, 0.4) is 0 Å². The van der Waals surface area contributed by atoms with E-state index in [9.17, 15) is 10.2 Å². The largest absolute Gasteiger partial charge is 0.491 e. The molecule has 2 rings (SSSR count). The summed E-state index contributed by atoms with van der Waals surface area (Å²) in [6.07, 6.45) is 11.0. The number of aliphatic hydroxyl groups is 1. The topological polar surface area (TPSA) is 49.4 Å². The fourth-order valence-electron chi connectivity index (χ4n) is 2.17. The molecule has 0 spiro atoms. The summed E-state index contributed by atoms with van der Waals surface area (Å²) in [7, 11) is 0. The lowest BCUT2D eigenvalue weighted by molar-refractivity contribution is -0.0537. The van der Waals surface area contributed by atoms with E-state index in [-0.39, 0.29) is 6.61 Å². The second kappa shape index (κ2) is 7.43. The maximum Gasteiger partial charge on any atom is 0.122 e. The van der Waals surface area contributed by atoms with E-state index < -0.39 is 12.2 Å². The van der Waals surface area contributed by atoms with Gasteiger partial charge < -0.3 is 9.84 Å². The summed E-state index contributed by atoms with van der Waals surface area (Å²) in [5.74, 6) is 0.665. The third-order valence-electron chi connectivity index (χ3n) is 3.62. The summed E-state index contributed by atoms with van der Waals surface area (Å²) in [4.78, 5) is 0. The Bertz CT molecular complexity index is 577.